The van der Waals surface area contributed by atoms with E-state index in [9.17, 15) is 28.8 Å². The third-order valence-electron chi connectivity index (χ3n) is 10.2. The smallest absolute Gasteiger partial charge is 0.330 e. The van der Waals surface area contributed by atoms with Crippen molar-refractivity contribution in [2.45, 2.75) is 97.9 Å². The molecule has 2 aromatic heterocycles. The summed E-state index contributed by atoms with van der Waals surface area (Å²) in [7, 11) is 4.86. The molecule has 1 saturated heterocycles. The average Bonchev–Trinajstić information content (AvgIpc) is 3.67. The van der Waals surface area contributed by atoms with Gasteiger partial charge >= 0.3 is 6.03 Å². The summed E-state index contributed by atoms with van der Waals surface area (Å²) in [5, 5.41) is 11.5. The van der Waals surface area contributed by atoms with Gasteiger partial charge < -0.3 is 31.1 Å². The van der Waals surface area contributed by atoms with Crippen LogP contribution < -0.4 is 31.1 Å². The molecule has 0 bridgehead atoms. The van der Waals surface area contributed by atoms with Gasteiger partial charge in [-0.05, 0) is 89.6 Å². The van der Waals surface area contributed by atoms with Crippen molar-refractivity contribution in [3.05, 3.63) is 65.1 Å². The van der Waals surface area contributed by atoms with E-state index in [2.05, 4.69) is 36.2 Å². The molecule has 5 rings (SSSR count). The highest BCUT2D eigenvalue weighted by molar-refractivity contribution is 6.07. The van der Waals surface area contributed by atoms with Crippen LogP contribution in [-0.2, 0) is 25.7 Å². The summed E-state index contributed by atoms with van der Waals surface area (Å²) in [5.41, 5.74) is 2.37. The second kappa shape index (κ2) is 17.6. The van der Waals surface area contributed by atoms with Crippen LogP contribution in [0.15, 0.2) is 42.7 Å². The van der Waals surface area contributed by atoms with E-state index in [-0.39, 0.29) is 30.0 Å². The highest BCUT2D eigenvalue weighted by Gasteiger charge is 2.41. The molecule has 3 aromatic rings. The van der Waals surface area contributed by atoms with Crippen molar-refractivity contribution in [2.24, 2.45) is 5.92 Å². The summed E-state index contributed by atoms with van der Waals surface area (Å²) in [5.74, 6) is -1.37. The molecule has 1 aromatic carbocycles. The number of aryl methyl sites for hydroxylation is 2. The van der Waals surface area contributed by atoms with Gasteiger partial charge in [0.25, 0.3) is 5.91 Å². The number of hydrogen-bond donors (Lipinski definition) is 4. The van der Waals surface area contributed by atoms with Gasteiger partial charge in [0.2, 0.25) is 29.6 Å². The summed E-state index contributed by atoms with van der Waals surface area (Å²) in [6, 6.07) is 5.72. The third kappa shape index (κ3) is 9.69. The van der Waals surface area contributed by atoms with Gasteiger partial charge in [-0.3, -0.25) is 38.8 Å². The maximum atomic E-state index is 13.7. The van der Waals surface area contributed by atoms with Crippen molar-refractivity contribution in [3.63, 3.8) is 0 Å². The number of likely N-dealkylation sites (N-methyl/N-ethyl adjacent to an activating group) is 1. The lowest BCUT2D eigenvalue weighted by molar-refractivity contribution is -0.142. The van der Waals surface area contributed by atoms with Crippen molar-refractivity contribution >= 4 is 58.7 Å². The number of urea groups is 1. The molecule has 2 aliphatic heterocycles. The summed E-state index contributed by atoms with van der Waals surface area (Å²) in [4.78, 5) is 100.0. The van der Waals surface area contributed by atoms with Crippen molar-refractivity contribution in [2.75, 3.05) is 42.8 Å². The van der Waals surface area contributed by atoms with E-state index >= 15 is 0 Å². The largest absolute Gasteiger partial charge is 0.347 e. The molecule has 0 aliphatic carbocycles. The quantitative estimate of drug-likeness (QED) is 0.199. The number of likely N-dealkylation sites (tertiary alicyclic amines) is 1. The van der Waals surface area contributed by atoms with E-state index in [1.54, 1.807) is 77.4 Å². The zero-order valence-corrected chi connectivity index (χ0v) is 35.0. The Labute approximate surface area is 339 Å². The molecule has 3 atom stereocenters. The van der Waals surface area contributed by atoms with Crippen molar-refractivity contribution in [1.82, 2.24) is 40.7 Å². The first kappa shape index (κ1) is 43.0. The van der Waals surface area contributed by atoms with Crippen molar-refractivity contribution < 1.29 is 28.8 Å². The molecule has 0 radical (unpaired) electrons. The molecule has 0 saturated carbocycles. The van der Waals surface area contributed by atoms with E-state index < -0.39 is 47.3 Å². The predicted molar refractivity (Wildman–Crippen MR) is 219 cm³/mol. The van der Waals surface area contributed by atoms with Crippen LogP contribution >= 0.6 is 0 Å². The maximum Gasteiger partial charge on any atom is 0.330 e. The van der Waals surface area contributed by atoms with Crippen LogP contribution in [0.25, 0.3) is 0 Å². The Bertz CT molecular complexity index is 2070. The number of amides is 7. The molecule has 0 spiro atoms. The van der Waals surface area contributed by atoms with Crippen LogP contribution in [0.5, 0.6) is 0 Å². The summed E-state index contributed by atoms with van der Waals surface area (Å²) in [6.45, 7) is 12.7. The Morgan fingerprint density at radius 1 is 0.983 bits per heavy atom. The fourth-order valence-corrected chi connectivity index (χ4v) is 6.95. The molecule has 2 aliphatic rings. The highest BCUT2D eigenvalue weighted by Crippen LogP contribution is 2.33. The topological polar surface area (TPSA) is 202 Å². The number of aromatic nitrogens is 3. The minimum Gasteiger partial charge on any atom is -0.347 e. The van der Waals surface area contributed by atoms with Crippen molar-refractivity contribution in [3.8, 4) is 0 Å². The standard InChI is InChI=1S/C41H55N11O6/c1-23(2)18-30(37(56)49(8)9)46-38(57)41(6,7)48-35(54)31-12-11-17-51(31)36(55)26(5)44-34(53)27-15-13-24(3)32(19-27)52-22-28-20-43-39(47-33(28)50(10)40(52)58)45-29-16-14-25(4)42-21-29/h13-16,19-21,23,26,30-31H,11-12,17-18,22H2,1-10H3,(H,44,53)(H,46,57)(H,48,54)(H,43,45,47)/t26-,30-,31?/m0/s1. The first-order valence-electron chi connectivity index (χ1n) is 19.4. The summed E-state index contributed by atoms with van der Waals surface area (Å²) < 4.78 is 0. The Morgan fingerprint density at radius 2 is 1.71 bits per heavy atom. The number of rotatable bonds is 13. The van der Waals surface area contributed by atoms with Gasteiger partial charge in [-0.25, -0.2) is 9.78 Å². The molecule has 310 valence electrons. The number of hydrogen-bond acceptors (Lipinski definition) is 10. The first-order chi connectivity index (χ1) is 27.3. The van der Waals surface area contributed by atoms with Crippen LogP contribution in [-0.4, -0.2) is 112 Å². The van der Waals surface area contributed by atoms with Crippen LogP contribution in [0.2, 0.25) is 0 Å². The van der Waals surface area contributed by atoms with Crippen LogP contribution in [0.3, 0.4) is 0 Å². The lowest BCUT2D eigenvalue weighted by atomic mass is 9.99. The molecule has 7 amide bonds. The minimum absolute atomic E-state index is 0.135. The minimum atomic E-state index is -1.39. The lowest BCUT2D eigenvalue weighted by Crippen LogP contribution is -2.62. The van der Waals surface area contributed by atoms with Crippen LogP contribution in [0.1, 0.15) is 81.1 Å². The van der Waals surface area contributed by atoms with Crippen LogP contribution in [0.4, 0.5) is 27.9 Å². The molecule has 58 heavy (non-hydrogen) atoms. The number of benzene rings is 1. The van der Waals surface area contributed by atoms with Gasteiger partial charge in [0.05, 0.1) is 18.4 Å². The number of pyridine rings is 1. The molecule has 1 fully saturated rings. The third-order valence-corrected chi connectivity index (χ3v) is 10.2. The Morgan fingerprint density at radius 3 is 2.36 bits per heavy atom. The highest BCUT2D eigenvalue weighted by atomic mass is 16.2. The van der Waals surface area contributed by atoms with E-state index in [0.29, 0.717) is 54.5 Å². The van der Waals surface area contributed by atoms with Gasteiger partial charge in [0.15, 0.2) is 0 Å². The van der Waals surface area contributed by atoms with Crippen LogP contribution in [0, 0.1) is 19.8 Å². The predicted octanol–water partition coefficient (Wildman–Crippen LogP) is 3.43. The van der Waals surface area contributed by atoms with E-state index in [0.717, 1.165) is 11.3 Å². The first-order valence-corrected chi connectivity index (χ1v) is 19.4. The van der Waals surface area contributed by atoms with Gasteiger partial charge in [-0.1, -0.05) is 19.9 Å². The molecule has 17 heteroatoms. The lowest BCUT2D eigenvalue weighted by Gasteiger charge is -2.35. The zero-order valence-electron chi connectivity index (χ0n) is 35.0. The molecule has 4 heterocycles. The molecular weight excluding hydrogens is 743 g/mol. The SMILES string of the molecule is Cc1ccc(Nc2ncc3c(n2)N(C)C(=O)N(c2cc(C(=O)N[C@@H](C)C(=O)N4CCCC4C(=O)NC(C)(C)C(=O)N[C@@H](CC(C)C)C(=O)N(C)C)ccc2C)C3)cn1. The Hall–Kier alpha value is -6.13. The summed E-state index contributed by atoms with van der Waals surface area (Å²) in [6.07, 6.45) is 4.69. The average molecular weight is 798 g/mol. The van der Waals surface area contributed by atoms with E-state index in [1.807, 2.05) is 39.8 Å². The second-order valence-electron chi connectivity index (χ2n) is 16.2. The molecule has 4 N–H and O–H groups in total. The zero-order chi connectivity index (χ0) is 42.6. The normalized spacial score (nSPS) is 16.4. The number of carbonyl (C=O) groups excluding carboxylic acids is 6. The fourth-order valence-electron chi connectivity index (χ4n) is 6.95. The maximum absolute atomic E-state index is 13.7. The van der Waals surface area contributed by atoms with Gasteiger partial charge in [-0.2, -0.15) is 4.98 Å². The van der Waals surface area contributed by atoms with Gasteiger partial charge in [-0.15, -0.1) is 0 Å². The molecular formula is C41H55N11O6. The Kier molecular flexibility index (Phi) is 13.0. The number of anilines is 4. The molecule has 1 unspecified atom stereocenters. The number of fused-ring (bicyclic) bond motifs is 1. The van der Waals surface area contributed by atoms with E-state index in [4.69, 9.17) is 0 Å². The van der Waals surface area contributed by atoms with Gasteiger partial charge in [0.1, 0.15) is 29.5 Å². The summed E-state index contributed by atoms with van der Waals surface area (Å²) >= 11 is 0. The fraction of sp³-hybridized carbons (Fsp3) is 0.488. The second-order valence-corrected chi connectivity index (χ2v) is 16.2. The monoisotopic (exact) mass is 797 g/mol. The van der Waals surface area contributed by atoms with Gasteiger partial charge in [0, 0.05) is 56.4 Å². The number of nitrogens with zero attached hydrogens (tertiary/aromatic N) is 7. The Balaban J connectivity index is 1.23. The van der Waals surface area contributed by atoms with Crippen molar-refractivity contribution in [1.29, 1.82) is 0 Å². The number of carbonyl (C=O) groups is 6. The van der Waals surface area contributed by atoms with E-state index in [1.165, 1.54) is 14.7 Å². The molecule has 17 nitrogen and oxygen atoms in total. The number of nitrogens with one attached hydrogen (secondary N) is 4.